The minimum atomic E-state index is -2.97. The minimum absolute atomic E-state index is 0.199. The van der Waals surface area contributed by atoms with Crippen LogP contribution in [0.5, 0.6) is 0 Å². The van der Waals surface area contributed by atoms with Gasteiger partial charge in [0.05, 0.1) is 10.0 Å². The summed E-state index contributed by atoms with van der Waals surface area (Å²) in [5.74, 6) is -2.97. The number of nitrogens with two attached hydrogens (primary N) is 1. The summed E-state index contributed by atoms with van der Waals surface area (Å²) >= 11 is 11.4. The normalized spacial score (nSPS) is 11.8. The summed E-state index contributed by atoms with van der Waals surface area (Å²) in [5, 5.41) is 0.456. The lowest BCUT2D eigenvalue weighted by Gasteiger charge is -2.16. The van der Waals surface area contributed by atoms with E-state index in [0.29, 0.717) is 0 Å². The van der Waals surface area contributed by atoms with Crippen LogP contribution in [0, 0.1) is 0 Å². The van der Waals surface area contributed by atoms with Gasteiger partial charge in [-0.3, -0.25) is 0 Å². The lowest BCUT2D eigenvalue weighted by atomic mass is 10.1. The van der Waals surface area contributed by atoms with Crippen LogP contribution in [0.1, 0.15) is 5.56 Å². The molecule has 0 aliphatic rings. The van der Waals surface area contributed by atoms with E-state index in [2.05, 4.69) is 4.74 Å². The second-order valence-corrected chi connectivity index (χ2v) is 4.25. The van der Waals surface area contributed by atoms with Crippen molar-refractivity contribution in [2.24, 2.45) is 0 Å². The molecule has 0 unspecified atom stereocenters. The number of benzene rings is 1. The van der Waals surface area contributed by atoms with E-state index in [1.807, 2.05) is 0 Å². The molecule has 0 atom stereocenters. The molecule has 0 aliphatic heterocycles. The Kier molecular flexibility index (Phi) is 4.35. The standard InChI is InChI=1S/C10H11Cl2F2NO/c1-16-5-10(13,14)4-6-2-7(11)8(12)3-9(6)15/h2-3H,4-5,15H2,1H3. The van der Waals surface area contributed by atoms with Crippen LogP contribution in [0.15, 0.2) is 12.1 Å². The zero-order valence-electron chi connectivity index (χ0n) is 8.57. The quantitative estimate of drug-likeness (QED) is 0.851. The van der Waals surface area contributed by atoms with Crippen molar-refractivity contribution in [3.8, 4) is 0 Å². The van der Waals surface area contributed by atoms with Crippen molar-refractivity contribution >= 4 is 28.9 Å². The molecule has 0 saturated carbocycles. The number of hydrogen-bond donors (Lipinski definition) is 1. The lowest BCUT2D eigenvalue weighted by Crippen LogP contribution is -2.26. The number of nitrogen functional groups attached to an aromatic ring is 1. The van der Waals surface area contributed by atoms with Gasteiger partial charge in [-0.2, -0.15) is 0 Å². The highest BCUT2D eigenvalue weighted by molar-refractivity contribution is 6.42. The van der Waals surface area contributed by atoms with E-state index >= 15 is 0 Å². The van der Waals surface area contributed by atoms with Crippen LogP contribution in [0.2, 0.25) is 10.0 Å². The number of rotatable bonds is 4. The number of ether oxygens (including phenoxy) is 1. The predicted molar refractivity (Wildman–Crippen MR) is 61.4 cm³/mol. The Morgan fingerprint density at radius 1 is 1.31 bits per heavy atom. The van der Waals surface area contributed by atoms with Crippen LogP contribution in [0.25, 0.3) is 0 Å². The molecule has 1 rings (SSSR count). The van der Waals surface area contributed by atoms with E-state index in [4.69, 9.17) is 28.9 Å². The lowest BCUT2D eigenvalue weighted by molar-refractivity contribution is -0.0629. The molecule has 1 aromatic rings. The molecule has 2 N–H and O–H groups in total. The SMILES string of the molecule is COCC(F)(F)Cc1cc(Cl)c(Cl)cc1N. The van der Waals surface area contributed by atoms with E-state index < -0.39 is 19.0 Å². The van der Waals surface area contributed by atoms with Gasteiger partial charge < -0.3 is 10.5 Å². The summed E-state index contributed by atoms with van der Waals surface area (Å²) in [6.07, 6.45) is -0.524. The number of methoxy groups -OCH3 is 1. The van der Waals surface area contributed by atoms with Crippen LogP contribution in [0.4, 0.5) is 14.5 Å². The molecule has 1 aromatic carbocycles. The van der Waals surface area contributed by atoms with Gasteiger partial charge in [0.1, 0.15) is 6.61 Å². The van der Waals surface area contributed by atoms with Gasteiger partial charge in [0, 0.05) is 19.2 Å². The van der Waals surface area contributed by atoms with Crippen molar-refractivity contribution in [1.82, 2.24) is 0 Å². The molecule has 0 fully saturated rings. The molecule has 16 heavy (non-hydrogen) atoms. The molecule has 6 heteroatoms. The summed E-state index contributed by atoms with van der Waals surface area (Å²) in [7, 11) is 1.21. The summed E-state index contributed by atoms with van der Waals surface area (Å²) < 4.78 is 31.0. The first-order valence-electron chi connectivity index (χ1n) is 4.46. The summed E-state index contributed by atoms with van der Waals surface area (Å²) in [5.41, 5.74) is 6.04. The van der Waals surface area contributed by atoms with E-state index in [-0.39, 0.29) is 21.3 Å². The Morgan fingerprint density at radius 3 is 2.44 bits per heavy atom. The molecule has 0 aromatic heterocycles. The monoisotopic (exact) mass is 269 g/mol. The summed E-state index contributed by atoms with van der Waals surface area (Å²) in [6.45, 7) is -0.660. The average molecular weight is 270 g/mol. The van der Waals surface area contributed by atoms with Gasteiger partial charge in [-0.1, -0.05) is 23.2 Å². The number of hydrogen-bond acceptors (Lipinski definition) is 2. The fourth-order valence-corrected chi connectivity index (χ4v) is 1.66. The van der Waals surface area contributed by atoms with Gasteiger partial charge in [0.15, 0.2) is 0 Å². The maximum atomic E-state index is 13.3. The Bertz CT molecular complexity index is 385. The molecule has 0 spiro atoms. The van der Waals surface area contributed by atoms with Gasteiger partial charge in [0.2, 0.25) is 0 Å². The predicted octanol–water partition coefficient (Wildman–Crippen LogP) is 3.40. The first-order valence-corrected chi connectivity index (χ1v) is 5.21. The Morgan fingerprint density at radius 2 is 1.88 bits per heavy atom. The molecule has 0 heterocycles. The zero-order valence-corrected chi connectivity index (χ0v) is 10.1. The molecule has 0 saturated heterocycles. The molecule has 0 aliphatic carbocycles. The van der Waals surface area contributed by atoms with Gasteiger partial charge >= 0.3 is 0 Å². The molecule has 0 radical (unpaired) electrons. The van der Waals surface area contributed by atoms with E-state index in [9.17, 15) is 8.78 Å². The van der Waals surface area contributed by atoms with Gasteiger partial charge in [-0.15, -0.1) is 0 Å². The second kappa shape index (κ2) is 5.17. The van der Waals surface area contributed by atoms with Crippen LogP contribution >= 0.6 is 23.2 Å². The minimum Gasteiger partial charge on any atom is -0.398 e. The fourth-order valence-electron chi connectivity index (χ4n) is 1.30. The molecule has 2 nitrogen and oxygen atoms in total. The third kappa shape index (κ3) is 3.47. The summed E-state index contributed by atoms with van der Waals surface area (Å²) in [4.78, 5) is 0. The fraction of sp³-hybridized carbons (Fsp3) is 0.400. The smallest absolute Gasteiger partial charge is 0.275 e. The van der Waals surface area contributed by atoms with Gasteiger partial charge in [-0.05, 0) is 17.7 Å². The third-order valence-corrected chi connectivity index (χ3v) is 2.71. The molecule has 0 bridgehead atoms. The van der Waals surface area contributed by atoms with Crippen molar-refractivity contribution < 1.29 is 13.5 Å². The van der Waals surface area contributed by atoms with E-state index in [0.717, 1.165) is 0 Å². The van der Waals surface area contributed by atoms with Crippen LogP contribution in [-0.4, -0.2) is 19.6 Å². The first-order chi connectivity index (χ1) is 7.35. The van der Waals surface area contributed by atoms with Crippen molar-refractivity contribution in [3.05, 3.63) is 27.7 Å². The maximum absolute atomic E-state index is 13.3. The number of anilines is 1. The van der Waals surface area contributed by atoms with E-state index in [1.165, 1.54) is 19.2 Å². The van der Waals surface area contributed by atoms with Crippen molar-refractivity contribution in [2.45, 2.75) is 12.3 Å². The maximum Gasteiger partial charge on any atom is 0.275 e. The van der Waals surface area contributed by atoms with E-state index in [1.54, 1.807) is 0 Å². The van der Waals surface area contributed by atoms with Gasteiger partial charge in [0.25, 0.3) is 5.92 Å². The van der Waals surface area contributed by atoms with Crippen LogP contribution < -0.4 is 5.73 Å². The highest BCUT2D eigenvalue weighted by Gasteiger charge is 2.30. The van der Waals surface area contributed by atoms with Crippen LogP contribution in [0.3, 0.4) is 0 Å². The number of halogens is 4. The first kappa shape index (κ1) is 13.5. The highest BCUT2D eigenvalue weighted by atomic mass is 35.5. The largest absolute Gasteiger partial charge is 0.398 e. The van der Waals surface area contributed by atoms with Gasteiger partial charge in [-0.25, -0.2) is 8.78 Å². The second-order valence-electron chi connectivity index (χ2n) is 3.43. The summed E-state index contributed by atoms with van der Waals surface area (Å²) in [6, 6.07) is 2.71. The van der Waals surface area contributed by atoms with Crippen molar-refractivity contribution in [3.63, 3.8) is 0 Å². The van der Waals surface area contributed by atoms with Crippen molar-refractivity contribution in [1.29, 1.82) is 0 Å². The van der Waals surface area contributed by atoms with Crippen molar-refractivity contribution in [2.75, 3.05) is 19.5 Å². The highest BCUT2D eigenvalue weighted by Crippen LogP contribution is 2.31. The Hall–Kier alpha value is -0.580. The molecular formula is C10H11Cl2F2NO. The molecular weight excluding hydrogens is 259 g/mol. The van der Waals surface area contributed by atoms with Crippen LogP contribution in [-0.2, 0) is 11.2 Å². The topological polar surface area (TPSA) is 35.2 Å². The molecule has 90 valence electrons. The number of alkyl halides is 2. The average Bonchev–Trinajstić information content (AvgIpc) is 2.13. The Balaban J connectivity index is 2.93. The Labute approximate surface area is 102 Å². The zero-order chi connectivity index (χ0) is 12.3. The third-order valence-electron chi connectivity index (χ3n) is 1.99. The molecule has 0 amide bonds.